The van der Waals surface area contributed by atoms with Crippen LogP contribution in [0, 0.1) is 0 Å². The summed E-state index contributed by atoms with van der Waals surface area (Å²) in [6.45, 7) is 5.82. The molecule has 0 unspecified atom stereocenters. The first-order chi connectivity index (χ1) is 14.1. The minimum atomic E-state index is -0.265. The van der Waals surface area contributed by atoms with Gasteiger partial charge in [0.2, 0.25) is 0 Å². The molecular formula is C22H25N3O3S. The fourth-order valence-corrected chi connectivity index (χ4v) is 4.41. The highest BCUT2D eigenvalue weighted by atomic mass is 32.1. The van der Waals surface area contributed by atoms with Crippen molar-refractivity contribution in [1.82, 2.24) is 9.80 Å². The van der Waals surface area contributed by atoms with Crippen LogP contribution in [0.2, 0.25) is 0 Å². The molecule has 2 aromatic rings. The van der Waals surface area contributed by atoms with Crippen LogP contribution >= 0.6 is 11.3 Å². The van der Waals surface area contributed by atoms with Crippen LogP contribution in [0.15, 0.2) is 47.5 Å². The summed E-state index contributed by atoms with van der Waals surface area (Å²) in [5, 5.41) is 1.93. The highest BCUT2D eigenvalue weighted by Crippen LogP contribution is 2.37. The summed E-state index contributed by atoms with van der Waals surface area (Å²) in [6.07, 6.45) is 0.892. The summed E-state index contributed by atoms with van der Waals surface area (Å²) in [5.74, 6) is 0.144. The predicted molar refractivity (Wildman–Crippen MR) is 115 cm³/mol. The molecule has 1 saturated heterocycles. The van der Waals surface area contributed by atoms with Crippen molar-refractivity contribution in [3.05, 3.63) is 52.4 Å². The van der Waals surface area contributed by atoms with E-state index >= 15 is 0 Å². The lowest BCUT2D eigenvalue weighted by Gasteiger charge is -2.34. The summed E-state index contributed by atoms with van der Waals surface area (Å²) in [5.41, 5.74) is 1.58. The Balaban J connectivity index is 1.71. The van der Waals surface area contributed by atoms with E-state index in [9.17, 15) is 9.59 Å². The zero-order valence-electron chi connectivity index (χ0n) is 16.8. The van der Waals surface area contributed by atoms with Gasteiger partial charge < -0.3 is 14.5 Å². The Kier molecular flexibility index (Phi) is 5.69. The Hall–Kier alpha value is -2.64. The normalized spacial score (nSPS) is 18.1. The number of imide groups is 1. The Morgan fingerprint density at radius 3 is 2.52 bits per heavy atom. The van der Waals surface area contributed by atoms with E-state index in [2.05, 4.69) is 16.8 Å². The molecule has 2 amide bonds. The van der Waals surface area contributed by atoms with Crippen LogP contribution in [-0.4, -0.2) is 61.4 Å². The van der Waals surface area contributed by atoms with Crippen LogP contribution in [0.5, 0.6) is 5.75 Å². The van der Waals surface area contributed by atoms with Crippen molar-refractivity contribution in [1.29, 1.82) is 0 Å². The van der Waals surface area contributed by atoms with Gasteiger partial charge in [-0.2, -0.15) is 0 Å². The molecule has 0 atom stereocenters. The van der Waals surface area contributed by atoms with E-state index < -0.39 is 0 Å². The van der Waals surface area contributed by atoms with Crippen molar-refractivity contribution in [2.24, 2.45) is 0 Å². The van der Waals surface area contributed by atoms with Crippen LogP contribution < -0.4 is 9.64 Å². The SMILES string of the molecule is CCCOc1cccc(N2C(=O)C(c3cccs3)=C(N3CCN(C)CC3)C2=O)c1. The maximum Gasteiger partial charge on any atom is 0.282 e. The van der Waals surface area contributed by atoms with Gasteiger partial charge in [0.1, 0.15) is 11.4 Å². The summed E-state index contributed by atoms with van der Waals surface area (Å²) in [6, 6.07) is 11.0. The van der Waals surface area contributed by atoms with E-state index in [1.54, 1.807) is 12.1 Å². The van der Waals surface area contributed by atoms with Crippen molar-refractivity contribution in [3.8, 4) is 5.75 Å². The molecule has 1 aromatic carbocycles. The second kappa shape index (κ2) is 8.39. The summed E-state index contributed by atoms with van der Waals surface area (Å²) >= 11 is 1.49. The zero-order valence-corrected chi connectivity index (χ0v) is 17.6. The quantitative estimate of drug-likeness (QED) is 0.684. The van der Waals surface area contributed by atoms with Gasteiger partial charge in [0.15, 0.2) is 0 Å². The van der Waals surface area contributed by atoms with Crippen molar-refractivity contribution in [2.45, 2.75) is 13.3 Å². The maximum absolute atomic E-state index is 13.5. The monoisotopic (exact) mass is 411 g/mol. The van der Waals surface area contributed by atoms with Crippen molar-refractivity contribution >= 4 is 34.4 Å². The molecule has 1 aromatic heterocycles. The van der Waals surface area contributed by atoms with Gasteiger partial charge in [0.05, 0.1) is 17.9 Å². The number of ether oxygens (including phenoxy) is 1. The summed E-state index contributed by atoms with van der Waals surface area (Å²) in [7, 11) is 2.07. The van der Waals surface area contributed by atoms with Crippen molar-refractivity contribution < 1.29 is 14.3 Å². The Labute approximate surface area is 175 Å². The third-order valence-corrected chi connectivity index (χ3v) is 6.08. The Morgan fingerprint density at radius 1 is 1.03 bits per heavy atom. The number of carbonyl (C=O) groups is 2. The number of nitrogens with zero attached hydrogens (tertiary/aromatic N) is 3. The third-order valence-electron chi connectivity index (χ3n) is 5.20. The fourth-order valence-electron chi connectivity index (χ4n) is 3.65. The van der Waals surface area contributed by atoms with Crippen LogP contribution in [0.1, 0.15) is 18.2 Å². The van der Waals surface area contributed by atoms with E-state index in [4.69, 9.17) is 4.74 Å². The van der Waals surface area contributed by atoms with E-state index in [1.807, 2.05) is 36.6 Å². The molecule has 0 saturated carbocycles. The van der Waals surface area contributed by atoms with E-state index in [-0.39, 0.29) is 11.8 Å². The Bertz CT molecular complexity index is 931. The standard InChI is InChI=1S/C22H25N3O3S/c1-3-13-28-17-7-4-6-16(15-17)25-21(26)19(18-8-5-14-29-18)20(22(25)27)24-11-9-23(2)10-12-24/h4-8,14-15H,3,9-13H2,1-2H3. The first kappa shape index (κ1) is 19.7. The van der Waals surface area contributed by atoms with Gasteiger partial charge >= 0.3 is 0 Å². The molecule has 2 aliphatic heterocycles. The number of hydrogen-bond donors (Lipinski definition) is 0. The van der Waals surface area contributed by atoms with Gasteiger partial charge in [-0.25, -0.2) is 4.90 Å². The topological polar surface area (TPSA) is 53.1 Å². The lowest BCUT2D eigenvalue weighted by Crippen LogP contribution is -2.46. The predicted octanol–water partition coefficient (Wildman–Crippen LogP) is 3.07. The van der Waals surface area contributed by atoms with Crippen LogP contribution in [0.3, 0.4) is 0 Å². The first-order valence-electron chi connectivity index (χ1n) is 9.93. The number of likely N-dealkylation sites (N-methyl/N-ethyl adjacent to an activating group) is 1. The third kappa shape index (κ3) is 3.80. The number of piperazine rings is 1. The molecule has 0 radical (unpaired) electrons. The molecule has 2 aliphatic rings. The summed E-state index contributed by atoms with van der Waals surface area (Å²) in [4.78, 5) is 33.3. The Morgan fingerprint density at radius 2 is 1.83 bits per heavy atom. The van der Waals surface area contributed by atoms with Crippen LogP contribution in [-0.2, 0) is 9.59 Å². The molecule has 7 heteroatoms. The van der Waals surface area contributed by atoms with Crippen molar-refractivity contribution in [2.75, 3.05) is 44.7 Å². The molecule has 152 valence electrons. The number of amides is 2. The molecule has 3 heterocycles. The maximum atomic E-state index is 13.5. The summed E-state index contributed by atoms with van der Waals surface area (Å²) < 4.78 is 5.70. The van der Waals surface area contributed by atoms with E-state index in [1.165, 1.54) is 16.2 Å². The highest BCUT2D eigenvalue weighted by Gasteiger charge is 2.43. The lowest BCUT2D eigenvalue weighted by atomic mass is 10.1. The molecule has 0 bridgehead atoms. The van der Waals surface area contributed by atoms with E-state index in [0.29, 0.717) is 29.3 Å². The first-order valence-corrected chi connectivity index (χ1v) is 10.8. The number of hydrogen-bond acceptors (Lipinski definition) is 6. The molecule has 0 aliphatic carbocycles. The average molecular weight is 412 g/mol. The molecule has 4 rings (SSSR count). The van der Waals surface area contributed by atoms with Crippen molar-refractivity contribution in [3.63, 3.8) is 0 Å². The number of benzene rings is 1. The molecular weight excluding hydrogens is 386 g/mol. The van der Waals surface area contributed by atoms with Gasteiger partial charge in [-0.1, -0.05) is 19.1 Å². The van der Waals surface area contributed by atoms with Gasteiger partial charge in [-0.05, 0) is 37.0 Å². The van der Waals surface area contributed by atoms with Crippen LogP contribution in [0.4, 0.5) is 5.69 Å². The molecule has 29 heavy (non-hydrogen) atoms. The largest absolute Gasteiger partial charge is 0.494 e. The second-order valence-electron chi connectivity index (χ2n) is 7.28. The highest BCUT2D eigenvalue weighted by molar-refractivity contribution is 7.11. The molecule has 1 fully saturated rings. The van der Waals surface area contributed by atoms with E-state index in [0.717, 1.165) is 37.5 Å². The van der Waals surface area contributed by atoms with Gasteiger partial charge in [0.25, 0.3) is 11.8 Å². The second-order valence-corrected chi connectivity index (χ2v) is 8.23. The van der Waals surface area contributed by atoms with Gasteiger partial charge in [-0.3, -0.25) is 9.59 Å². The molecule has 0 N–H and O–H groups in total. The minimum absolute atomic E-state index is 0.254. The number of thiophene rings is 1. The fraction of sp³-hybridized carbons (Fsp3) is 0.364. The zero-order chi connectivity index (χ0) is 20.4. The number of rotatable bonds is 6. The van der Waals surface area contributed by atoms with Gasteiger partial charge in [0, 0.05) is 37.1 Å². The smallest absolute Gasteiger partial charge is 0.282 e. The van der Waals surface area contributed by atoms with Gasteiger partial charge in [-0.15, -0.1) is 11.3 Å². The average Bonchev–Trinajstić information content (AvgIpc) is 3.33. The van der Waals surface area contributed by atoms with Crippen LogP contribution in [0.25, 0.3) is 5.57 Å². The lowest BCUT2D eigenvalue weighted by molar-refractivity contribution is -0.120. The molecule has 6 nitrogen and oxygen atoms in total. The molecule has 0 spiro atoms. The number of anilines is 1. The number of carbonyl (C=O) groups excluding carboxylic acids is 2. The minimum Gasteiger partial charge on any atom is -0.494 e.